The van der Waals surface area contributed by atoms with E-state index in [1.165, 1.54) is 0 Å². The number of nitrogens with zero attached hydrogens (tertiary/aromatic N) is 4. The Morgan fingerprint density at radius 3 is 2.82 bits per heavy atom. The molecule has 3 aromatic rings. The van der Waals surface area contributed by atoms with E-state index >= 15 is 0 Å². The van der Waals surface area contributed by atoms with E-state index in [2.05, 4.69) is 16.3 Å². The van der Waals surface area contributed by atoms with Gasteiger partial charge in [0.15, 0.2) is 0 Å². The molecule has 0 unspecified atom stereocenters. The first-order valence-electron chi connectivity index (χ1n) is 5.20. The Bertz CT molecular complexity index is 668. The summed E-state index contributed by atoms with van der Waals surface area (Å²) >= 11 is 0. The second-order valence-corrected chi connectivity index (χ2v) is 3.78. The van der Waals surface area contributed by atoms with Gasteiger partial charge in [0.1, 0.15) is 11.3 Å². The molecule has 0 aliphatic rings. The summed E-state index contributed by atoms with van der Waals surface area (Å²) in [6, 6.07) is 4.99. The molecule has 0 aliphatic carbocycles. The number of hydrogen-bond donors (Lipinski definition) is 0. The van der Waals surface area contributed by atoms with Gasteiger partial charge in [0.2, 0.25) is 0 Å². The van der Waals surface area contributed by atoms with Crippen molar-refractivity contribution in [1.29, 1.82) is 0 Å². The molecule has 1 radical (unpaired) electrons. The van der Waals surface area contributed by atoms with Gasteiger partial charge in [0, 0.05) is 36.6 Å². The van der Waals surface area contributed by atoms with Crippen LogP contribution in [0.3, 0.4) is 0 Å². The molecular formula is C12H11N4O. The fraction of sp³-hybridized carbons (Fsp3) is 0.167. The van der Waals surface area contributed by atoms with Crippen molar-refractivity contribution in [1.82, 2.24) is 19.4 Å². The summed E-state index contributed by atoms with van der Waals surface area (Å²) < 4.78 is 8.85. The van der Waals surface area contributed by atoms with Crippen molar-refractivity contribution in [2.24, 2.45) is 7.05 Å². The number of ether oxygens (including phenoxy) is 1. The maximum atomic E-state index is 5.34. The normalized spacial score (nSPS) is 10.9. The Morgan fingerprint density at radius 1 is 1.24 bits per heavy atom. The summed E-state index contributed by atoms with van der Waals surface area (Å²) in [5.41, 5.74) is 2.88. The molecule has 0 bridgehead atoms. The highest BCUT2D eigenvalue weighted by molar-refractivity contribution is 5.69. The predicted octanol–water partition coefficient (Wildman–Crippen LogP) is 1.54. The molecular weight excluding hydrogens is 216 g/mol. The van der Waals surface area contributed by atoms with E-state index in [9.17, 15) is 0 Å². The molecule has 5 nitrogen and oxygen atoms in total. The summed E-state index contributed by atoms with van der Waals surface area (Å²) in [5.74, 6) is 0.754. The van der Waals surface area contributed by atoms with Gasteiger partial charge in [0.05, 0.1) is 19.5 Å². The topological polar surface area (TPSA) is 44.4 Å². The Hall–Kier alpha value is -2.30. The number of pyridine rings is 1. The van der Waals surface area contributed by atoms with E-state index in [0.29, 0.717) is 0 Å². The van der Waals surface area contributed by atoms with E-state index in [1.807, 2.05) is 31.7 Å². The molecule has 3 heterocycles. The number of methoxy groups -OCH3 is 1. The number of hydrogen-bond acceptors (Lipinski definition) is 3. The maximum absolute atomic E-state index is 5.34. The minimum atomic E-state index is 0.754. The highest BCUT2D eigenvalue weighted by Gasteiger charge is 2.08. The summed E-state index contributed by atoms with van der Waals surface area (Å²) in [5, 5.41) is 8.33. The highest BCUT2D eigenvalue weighted by atomic mass is 16.5. The lowest BCUT2D eigenvalue weighted by atomic mass is 10.1. The molecule has 3 rings (SSSR count). The minimum Gasteiger partial charge on any atom is -0.494 e. The van der Waals surface area contributed by atoms with Crippen LogP contribution in [0.5, 0.6) is 5.75 Å². The first-order valence-corrected chi connectivity index (χ1v) is 5.20. The van der Waals surface area contributed by atoms with Crippen LogP contribution in [0.25, 0.3) is 16.6 Å². The molecule has 17 heavy (non-hydrogen) atoms. The third kappa shape index (κ3) is 1.56. The van der Waals surface area contributed by atoms with Crippen LogP contribution < -0.4 is 4.74 Å². The molecule has 0 aliphatic heterocycles. The molecule has 0 N–H and O–H groups in total. The molecule has 3 aromatic heterocycles. The zero-order valence-electron chi connectivity index (χ0n) is 9.58. The van der Waals surface area contributed by atoms with Crippen molar-refractivity contribution in [2.75, 3.05) is 7.11 Å². The van der Waals surface area contributed by atoms with E-state index < -0.39 is 0 Å². The van der Waals surface area contributed by atoms with E-state index in [1.54, 1.807) is 22.5 Å². The van der Waals surface area contributed by atoms with Crippen LogP contribution in [0.15, 0.2) is 30.9 Å². The summed E-state index contributed by atoms with van der Waals surface area (Å²) in [7, 11) is 3.53. The fourth-order valence-electron chi connectivity index (χ4n) is 1.82. The molecule has 0 spiro atoms. The molecule has 0 saturated carbocycles. The molecule has 0 atom stereocenters. The smallest absolute Gasteiger partial charge is 0.145 e. The van der Waals surface area contributed by atoms with Crippen LogP contribution in [0.4, 0.5) is 0 Å². The lowest BCUT2D eigenvalue weighted by Gasteiger charge is -2.05. The van der Waals surface area contributed by atoms with Crippen LogP contribution in [0.1, 0.15) is 0 Å². The lowest BCUT2D eigenvalue weighted by molar-refractivity contribution is 0.417. The van der Waals surface area contributed by atoms with Gasteiger partial charge >= 0.3 is 0 Å². The Balaban J connectivity index is 2.23. The highest BCUT2D eigenvalue weighted by Crippen LogP contribution is 2.26. The minimum absolute atomic E-state index is 0.754. The third-order valence-electron chi connectivity index (χ3n) is 2.65. The van der Waals surface area contributed by atoms with E-state index in [-0.39, 0.29) is 0 Å². The summed E-state index contributed by atoms with van der Waals surface area (Å²) in [6.07, 6.45) is 7.33. The Kier molecular flexibility index (Phi) is 2.11. The lowest BCUT2D eigenvalue weighted by Crippen LogP contribution is -1.93. The second kappa shape index (κ2) is 3.62. The average Bonchev–Trinajstić information content (AvgIpc) is 2.95. The third-order valence-corrected chi connectivity index (χ3v) is 2.65. The van der Waals surface area contributed by atoms with Crippen LogP contribution in [0, 0.1) is 6.07 Å². The van der Waals surface area contributed by atoms with Gasteiger partial charge in [-0.05, 0) is 6.07 Å². The molecule has 0 fully saturated rings. The number of aryl methyl sites for hydroxylation is 1. The largest absolute Gasteiger partial charge is 0.494 e. The average molecular weight is 227 g/mol. The van der Waals surface area contributed by atoms with Gasteiger partial charge in [0.25, 0.3) is 0 Å². The Labute approximate surface area is 98.2 Å². The van der Waals surface area contributed by atoms with Crippen molar-refractivity contribution in [3.63, 3.8) is 0 Å². The van der Waals surface area contributed by atoms with Gasteiger partial charge in [-0.2, -0.15) is 10.2 Å². The van der Waals surface area contributed by atoms with Gasteiger partial charge in [-0.25, -0.2) is 4.52 Å². The van der Waals surface area contributed by atoms with Gasteiger partial charge in [-0.15, -0.1) is 0 Å². The summed E-state index contributed by atoms with van der Waals surface area (Å²) in [6.45, 7) is 0. The molecule has 0 aromatic carbocycles. The zero-order valence-corrected chi connectivity index (χ0v) is 9.58. The standard InChI is InChI=1S/C12H11N4O/c1-15-7-10(6-14-15)9-5-12(17-2)11-3-4-13-16(11)8-9/h4-8H,1-2H3. The van der Waals surface area contributed by atoms with E-state index in [0.717, 1.165) is 22.4 Å². The number of aromatic nitrogens is 4. The number of fused-ring (bicyclic) bond motifs is 1. The van der Waals surface area contributed by atoms with E-state index in [4.69, 9.17) is 4.74 Å². The van der Waals surface area contributed by atoms with Crippen molar-refractivity contribution in [3.8, 4) is 16.9 Å². The quantitative estimate of drug-likeness (QED) is 0.667. The monoisotopic (exact) mass is 227 g/mol. The summed E-state index contributed by atoms with van der Waals surface area (Å²) in [4.78, 5) is 0. The predicted molar refractivity (Wildman–Crippen MR) is 62.8 cm³/mol. The SMILES string of the molecule is COc1cc(-c2cnn(C)c2)cn2nc[c]c12. The fourth-order valence-corrected chi connectivity index (χ4v) is 1.82. The van der Waals surface area contributed by atoms with Crippen LogP contribution in [0.2, 0.25) is 0 Å². The van der Waals surface area contributed by atoms with Crippen molar-refractivity contribution >= 4 is 5.52 Å². The van der Waals surface area contributed by atoms with Gasteiger partial charge in [-0.3, -0.25) is 4.68 Å². The first-order chi connectivity index (χ1) is 8.28. The van der Waals surface area contributed by atoms with Crippen molar-refractivity contribution < 1.29 is 4.74 Å². The van der Waals surface area contributed by atoms with Crippen LogP contribution in [-0.2, 0) is 7.05 Å². The maximum Gasteiger partial charge on any atom is 0.145 e. The van der Waals surface area contributed by atoms with Gasteiger partial charge in [-0.1, -0.05) is 0 Å². The second-order valence-electron chi connectivity index (χ2n) is 3.78. The van der Waals surface area contributed by atoms with Crippen LogP contribution >= 0.6 is 0 Å². The molecule has 5 heteroatoms. The first kappa shape index (κ1) is 9.89. The molecule has 85 valence electrons. The Morgan fingerprint density at radius 2 is 2.12 bits per heavy atom. The van der Waals surface area contributed by atoms with Crippen LogP contribution in [-0.4, -0.2) is 26.5 Å². The molecule has 0 amide bonds. The van der Waals surface area contributed by atoms with Crippen molar-refractivity contribution in [3.05, 3.63) is 36.9 Å². The van der Waals surface area contributed by atoms with Gasteiger partial charge < -0.3 is 4.74 Å². The van der Waals surface area contributed by atoms with Crippen molar-refractivity contribution in [2.45, 2.75) is 0 Å². The molecule has 0 saturated heterocycles. The zero-order chi connectivity index (χ0) is 11.8. The number of rotatable bonds is 2.